The largest absolute Gasteiger partial charge is 0.360 e. The molecule has 0 fully saturated rings. The molecule has 2 N–H and O–H groups in total. The van der Waals surface area contributed by atoms with Crippen molar-refractivity contribution in [3.63, 3.8) is 0 Å². The van der Waals surface area contributed by atoms with Gasteiger partial charge < -0.3 is 10.6 Å². The van der Waals surface area contributed by atoms with E-state index in [1.807, 2.05) is 33.8 Å². The minimum Gasteiger partial charge on any atom is -0.360 e. The second kappa shape index (κ2) is 5.44. The standard InChI is InChI=1S/C11H18N4O/c1-7(2)13-11(16)6-12-10-5-8(3)9(4)14-15-10/h5,7H,6H2,1-4H3,(H,12,15)(H,13,16). The van der Waals surface area contributed by atoms with Gasteiger partial charge in [-0.1, -0.05) is 0 Å². The molecule has 1 rings (SSSR count). The summed E-state index contributed by atoms with van der Waals surface area (Å²) in [5, 5.41) is 13.6. The molecule has 0 atom stereocenters. The van der Waals surface area contributed by atoms with E-state index in [0.29, 0.717) is 5.82 Å². The highest BCUT2D eigenvalue weighted by atomic mass is 16.1. The summed E-state index contributed by atoms with van der Waals surface area (Å²) >= 11 is 0. The summed E-state index contributed by atoms with van der Waals surface area (Å²) in [4.78, 5) is 11.4. The lowest BCUT2D eigenvalue weighted by Gasteiger charge is -2.09. The van der Waals surface area contributed by atoms with E-state index in [2.05, 4.69) is 20.8 Å². The number of rotatable bonds is 4. The van der Waals surface area contributed by atoms with E-state index in [4.69, 9.17) is 0 Å². The first-order valence-corrected chi connectivity index (χ1v) is 5.33. The molecule has 0 radical (unpaired) electrons. The molecular formula is C11H18N4O. The van der Waals surface area contributed by atoms with Crippen molar-refractivity contribution in [1.82, 2.24) is 15.5 Å². The Labute approximate surface area is 95.7 Å². The van der Waals surface area contributed by atoms with Crippen LogP contribution < -0.4 is 10.6 Å². The normalized spacial score (nSPS) is 10.3. The molecule has 0 aromatic carbocycles. The van der Waals surface area contributed by atoms with Gasteiger partial charge in [-0.2, -0.15) is 5.10 Å². The zero-order valence-electron chi connectivity index (χ0n) is 10.2. The van der Waals surface area contributed by atoms with Crippen LogP contribution >= 0.6 is 0 Å². The number of aryl methyl sites for hydroxylation is 2. The maximum absolute atomic E-state index is 11.4. The summed E-state index contributed by atoms with van der Waals surface area (Å²) in [5.41, 5.74) is 1.96. The maximum Gasteiger partial charge on any atom is 0.239 e. The predicted molar refractivity (Wildman–Crippen MR) is 63.3 cm³/mol. The molecule has 0 aliphatic heterocycles. The van der Waals surface area contributed by atoms with E-state index < -0.39 is 0 Å². The van der Waals surface area contributed by atoms with E-state index in [9.17, 15) is 4.79 Å². The predicted octanol–water partition coefficient (Wildman–Crippen LogP) is 1.03. The molecule has 1 aromatic rings. The second-order valence-corrected chi connectivity index (χ2v) is 4.07. The van der Waals surface area contributed by atoms with Crippen molar-refractivity contribution in [3.8, 4) is 0 Å². The molecule has 5 heteroatoms. The Morgan fingerprint density at radius 1 is 1.38 bits per heavy atom. The molecule has 0 bridgehead atoms. The molecule has 1 amide bonds. The fourth-order valence-electron chi connectivity index (χ4n) is 1.18. The van der Waals surface area contributed by atoms with Crippen molar-refractivity contribution >= 4 is 11.7 Å². The third-order valence-electron chi connectivity index (χ3n) is 2.11. The van der Waals surface area contributed by atoms with E-state index in [-0.39, 0.29) is 18.5 Å². The average molecular weight is 222 g/mol. The van der Waals surface area contributed by atoms with Gasteiger partial charge in [0.05, 0.1) is 12.2 Å². The number of carbonyl (C=O) groups excluding carboxylic acids is 1. The van der Waals surface area contributed by atoms with Crippen LogP contribution in [-0.2, 0) is 4.79 Å². The third-order valence-corrected chi connectivity index (χ3v) is 2.11. The number of amides is 1. The van der Waals surface area contributed by atoms with Gasteiger partial charge >= 0.3 is 0 Å². The highest BCUT2D eigenvalue weighted by molar-refractivity contribution is 5.80. The minimum absolute atomic E-state index is 0.0463. The van der Waals surface area contributed by atoms with Gasteiger partial charge in [0.1, 0.15) is 5.82 Å². The van der Waals surface area contributed by atoms with Crippen molar-refractivity contribution in [2.45, 2.75) is 33.7 Å². The van der Waals surface area contributed by atoms with Crippen LogP contribution in [0.2, 0.25) is 0 Å². The highest BCUT2D eigenvalue weighted by Crippen LogP contribution is 2.06. The second-order valence-electron chi connectivity index (χ2n) is 4.07. The van der Waals surface area contributed by atoms with Crippen LogP contribution in [0, 0.1) is 13.8 Å². The molecule has 88 valence electrons. The minimum atomic E-state index is -0.0463. The van der Waals surface area contributed by atoms with Crippen LogP contribution in [0.15, 0.2) is 6.07 Å². The van der Waals surface area contributed by atoms with Gasteiger partial charge in [0.25, 0.3) is 0 Å². The van der Waals surface area contributed by atoms with Crippen LogP contribution in [0.5, 0.6) is 0 Å². The first-order valence-electron chi connectivity index (χ1n) is 5.33. The third kappa shape index (κ3) is 3.84. The summed E-state index contributed by atoms with van der Waals surface area (Å²) in [6.07, 6.45) is 0. The molecule has 1 heterocycles. The lowest BCUT2D eigenvalue weighted by atomic mass is 10.2. The summed E-state index contributed by atoms with van der Waals surface area (Å²) in [5.74, 6) is 0.581. The Morgan fingerprint density at radius 3 is 2.62 bits per heavy atom. The molecule has 16 heavy (non-hydrogen) atoms. The summed E-state index contributed by atoms with van der Waals surface area (Å²) < 4.78 is 0. The Balaban J connectivity index is 2.48. The van der Waals surface area contributed by atoms with Gasteiger partial charge in [-0.05, 0) is 39.3 Å². The summed E-state index contributed by atoms with van der Waals surface area (Å²) in [7, 11) is 0. The summed E-state index contributed by atoms with van der Waals surface area (Å²) in [6, 6.07) is 2.03. The number of aromatic nitrogens is 2. The molecule has 5 nitrogen and oxygen atoms in total. The van der Waals surface area contributed by atoms with Crippen molar-refractivity contribution in [2.75, 3.05) is 11.9 Å². The lowest BCUT2D eigenvalue weighted by Crippen LogP contribution is -2.35. The first-order chi connectivity index (χ1) is 7.49. The van der Waals surface area contributed by atoms with Crippen molar-refractivity contribution in [1.29, 1.82) is 0 Å². The van der Waals surface area contributed by atoms with Crippen LogP contribution in [-0.4, -0.2) is 28.7 Å². The van der Waals surface area contributed by atoms with Gasteiger partial charge in [-0.25, -0.2) is 0 Å². The highest BCUT2D eigenvalue weighted by Gasteiger charge is 2.04. The number of hydrogen-bond acceptors (Lipinski definition) is 4. The van der Waals surface area contributed by atoms with Crippen molar-refractivity contribution in [2.24, 2.45) is 0 Å². The van der Waals surface area contributed by atoms with Crippen LogP contribution in [0.3, 0.4) is 0 Å². The zero-order chi connectivity index (χ0) is 12.1. The quantitative estimate of drug-likeness (QED) is 0.798. The van der Waals surface area contributed by atoms with Gasteiger partial charge in [0.2, 0.25) is 5.91 Å². The topological polar surface area (TPSA) is 66.9 Å². The number of hydrogen-bond donors (Lipinski definition) is 2. The fraction of sp³-hybridized carbons (Fsp3) is 0.545. The molecular weight excluding hydrogens is 204 g/mol. The van der Waals surface area contributed by atoms with E-state index >= 15 is 0 Å². The Bertz CT molecular complexity index is 376. The van der Waals surface area contributed by atoms with Crippen molar-refractivity contribution in [3.05, 3.63) is 17.3 Å². The van der Waals surface area contributed by atoms with Gasteiger partial charge in [0, 0.05) is 6.04 Å². The molecule has 0 spiro atoms. The van der Waals surface area contributed by atoms with E-state index in [1.165, 1.54) is 0 Å². The van der Waals surface area contributed by atoms with Gasteiger partial charge in [-0.15, -0.1) is 5.10 Å². The lowest BCUT2D eigenvalue weighted by molar-refractivity contribution is -0.119. The average Bonchev–Trinajstić information content (AvgIpc) is 2.19. The Hall–Kier alpha value is -1.65. The Morgan fingerprint density at radius 2 is 2.06 bits per heavy atom. The van der Waals surface area contributed by atoms with E-state index in [1.54, 1.807) is 0 Å². The van der Waals surface area contributed by atoms with E-state index in [0.717, 1.165) is 11.3 Å². The number of nitrogens with zero attached hydrogens (tertiary/aromatic N) is 2. The SMILES string of the molecule is Cc1cc(NCC(=O)NC(C)C)nnc1C. The first kappa shape index (κ1) is 12.4. The van der Waals surface area contributed by atoms with Crippen molar-refractivity contribution < 1.29 is 4.79 Å². The van der Waals surface area contributed by atoms with Crippen LogP contribution in [0.1, 0.15) is 25.1 Å². The molecule has 1 aromatic heterocycles. The molecule has 0 saturated heterocycles. The molecule has 0 saturated carbocycles. The maximum atomic E-state index is 11.4. The van der Waals surface area contributed by atoms with Crippen LogP contribution in [0.4, 0.5) is 5.82 Å². The number of nitrogens with one attached hydrogen (secondary N) is 2. The smallest absolute Gasteiger partial charge is 0.239 e. The molecule has 0 unspecified atom stereocenters. The fourth-order valence-corrected chi connectivity index (χ4v) is 1.18. The monoisotopic (exact) mass is 222 g/mol. The Kier molecular flexibility index (Phi) is 4.22. The van der Waals surface area contributed by atoms with Gasteiger partial charge in [0.15, 0.2) is 0 Å². The summed E-state index contributed by atoms with van der Waals surface area (Å²) in [6.45, 7) is 7.93. The van der Waals surface area contributed by atoms with Crippen LogP contribution in [0.25, 0.3) is 0 Å². The molecule has 0 aliphatic rings. The number of anilines is 1. The van der Waals surface area contributed by atoms with Gasteiger partial charge in [-0.3, -0.25) is 4.79 Å². The zero-order valence-corrected chi connectivity index (χ0v) is 10.2. The molecule has 0 aliphatic carbocycles. The number of carbonyl (C=O) groups is 1.